The van der Waals surface area contributed by atoms with E-state index in [9.17, 15) is 4.79 Å². The van der Waals surface area contributed by atoms with E-state index in [1.165, 1.54) is 11.1 Å². The van der Waals surface area contributed by atoms with Crippen LogP contribution in [0, 0.1) is 5.92 Å². The van der Waals surface area contributed by atoms with Gasteiger partial charge in [-0.25, -0.2) is 9.69 Å². The van der Waals surface area contributed by atoms with E-state index in [1.807, 2.05) is 59.8 Å². The molecule has 7 nitrogen and oxygen atoms in total. The molecular weight excluding hydrogens is 448 g/mol. The molecule has 3 aromatic heterocycles. The zero-order valence-corrected chi connectivity index (χ0v) is 20.6. The molecule has 2 amide bonds. The van der Waals surface area contributed by atoms with Crippen molar-refractivity contribution in [2.75, 3.05) is 16.3 Å². The van der Waals surface area contributed by atoms with Gasteiger partial charge in [0.15, 0.2) is 0 Å². The number of nitrogens with zero attached hydrogens (tertiary/aromatic N) is 4. The van der Waals surface area contributed by atoms with E-state index in [1.54, 1.807) is 11.1 Å². The Hall–Kier alpha value is -4.39. The van der Waals surface area contributed by atoms with Gasteiger partial charge in [-0.05, 0) is 72.4 Å². The normalized spacial score (nSPS) is 11.2. The number of rotatable bonds is 8. The number of hydrogen-bond acceptors (Lipinski definition) is 3. The molecule has 5 aromatic rings. The minimum Gasteiger partial charge on any atom is -0.361 e. The minimum atomic E-state index is -0.132. The van der Waals surface area contributed by atoms with E-state index >= 15 is 0 Å². The summed E-state index contributed by atoms with van der Waals surface area (Å²) in [5.41, 5.74) is 5.20. The summed E-state index contributed by atoms with van der Waals surface area (Å²) in [4.78, 5) is 25.2. The van der Waals surface area contributed by atoms with Gasteiger partial charge in [-0.15, -0.1) is 0 Å². The highest BCUT2D eigenvalue weighted by atomic mass is 16.2. The lowest BCUT2D eigenvalue weighted by molar-refractivity contribution is 0.252. The van der Waals surface area contributed by atoms with E-state index < -0.39 is 0 Å². The van der Waals surface area contributed by atoms with Crippen LogP contribution in [-0.4, -0.2) is 32.7 Å². The molecule has 0 unspecified atom stereocenters. The molecule has 0 saturated heterocycles. The summed E-state index contributed by atoms with van der Waals surface area (Å²) in [5, 5.41) is 8.19. The van der Waals surface area contributed by atoms with Crippen LogP contribution in [0.25, 0.3) is 10.9 Å². The van der Waals surface area contributed by atoms with Crippen molar-refractivity contribution < 1.29 is 4.79 Å². The maximum Gasteiger partial charge on any atom is 0.334 e. The van der Waals surface area contributed by atoms with Crippen molar-refractivity contribution in [1.82, 2.24) is 20.2 Å². The Morgan fingerprint density at radius 1 is 0.917 bits per heavy atom. The molecule has 0 fully saturated rings. The first-order valence-corrected chi connectivity index (χ1v) is 12.2. The number of aromatic nitrogens is 4. The number of urea groups is 1. The van der Waals surface area contributed by atoms with Crippen molar-refractivity contribution in [1.29, 1.82) is 0 Å². The molecule has 182 valence electrons. The van der Waals surface area contributed by atoms with Crippen molar-refractivity contribution in [3.8, 4) is 0 Å². The number of para-hydroxylation sites is 1. The number of carbonyl (C=O) groups excluding carboxylic acids is 1. The quantitative estimate of drug-likeness (QED) is 0.267. The maximum absolute atomic E-state index is 14.1. The van der Waals surface area contributed by atoms with Crippen molar-refractivity contribution in [3.63, 3.8) is 0 Å². The molecular formula is C29H30N6O. The number of aromatic amines is 2. The zero-order chi connectivity index (χ0) is 24.9. The predicted octanol–water partition coefficient (Wildman–Crippen LogP) is 6.49. The molecule has 0 saturated carbocycles. The Balaban J connectivity index is 1.50. The van der Waals surface area contributed by atoms with E-state index in [-0.39, 0.29) is 11.9 Å². The van der Waals surface area contributed by atoms with Crippen LogP contribution in [0.1, 0.15) is 25.0 Å². The van der Waals surface area contributed by atoms with Crippen molar-refractivity contribution in [2.45, 2.75) is 26.7 Å². The third kappa shape index (κ3) is 5.00. The topological polar surface area (TPSA) is 80.9 Å². The van der Waals surface area contributed by atoms with Crippen LogP contribution in [0.15, 0.2) is 91.5 Å². The highest BCUT2D eigenvalue weighted by Gasteiger charge is 2.27. The molecule has 7 heteroatoms. The molecule has 3 heterocycles. The lowest BCUT2D eigenvalue weighted by Gasteiger charge is -2.31. The van der Waals surface area contributed by atoms with Gasteiger partial charge in [0.2, 0.25) is 0 Å². The number of nitrogens with one attached hydrogen (secondary N) is 2. The Labute approximate surface area is 210 Å². The summed E-state index contributed by atoms with van der Waals surface area (Å²) in [6.07, 6.45) is 9.22. The van der Waals surface area contributed by atoms with E-state index in [0.717, 1.165) is 35.1 Å². The summed E-state index contributed by atoms with van der Waals surface area (Å²) < 4.78 is 0. The SMILES string of the molecule is CC(C)CN(C(=O)N(c1ccccc1)c1ccn[nH]1)c1ccc2[nH]cc(CCc3ccncc3)c2c1. The fourth-order valence-electron chi connectivity index (χ4n) is 4.45. The first-order valence-electron chi connectivity index (χ1n) is 12.2. The molecule has 0 spiro atoms. The van der Waals surface area contributed by atoms with E-state index in [2.05, 4.69) is 64.5 Å². The lowest BCUT2D eigenvalue weighted by atomic mass is 10.0. The van der Waals surface area contributed by atoms with Crippen LogP contribution >= 0.6 is 0 Å². The summed E-state index contributed by atoms with van der Waals surface area (Å²) in [6, 6.07) is 21.7. The highest BCUT2D eigenvalue weighted by molar-refractivity contribution is 6.08. The average molecular weight is 479 g/mol. The molecule has 2 N–H and O–H groups in total. The molecule has 5 rings (SSSR count). The lowest BCUT2D eigenvalue weighted by Crippen LogP contribution is -2.43. The van der Waals surface area contributed by atoms with Gasteiger partial charge in [-0.1, -0.05) is 32.0 Å². The van der Waals surface area contributed by atoms with Crippen LogP contribution in [0.3, 0.4) is 0 Å². The largest absolute Gasteiger partial charge is 0.361 e. The molecule has 2 aromatic carbocycles. The van der Waals surface area contributed by atoms with E-state index in [0.29, 0.717) is 12.4 Å². The standard InChI is InChI=1S/C29H30N6O/c1-21(2)20-34(29(36)35(28-14-17-32-33-28)24-6-4-3-5-7-24)25-10-11-27-26(18-25)23(19-31-27)9-8-22-12-15-30-16-13-22/h3-7,10-19,21,31H,8-9,20H2,1-2H3,(H,32,33). The Morgan fingerprint density at radius 3 is 2.44 bits per heavy atom. The van der Waals surface area contributed by atoms with Gasteiger partial charge in [0.25, 0.3) is 0 Å². The summed E-state index contributed by atoms with van der Waals surface area (Å²) >= 11 is 0. The number of aryl methyl sites for hydroxylation is 2. The van der Waals surface area contributed by atoms with Crippen molar-refractivity contribution in [3.05, 3.63) is 103 Å². The fraction of sp³-hybridized carbons (Fsp3) is 0.207. The van der Waals surface area contributed by atoms with Crippen LogP contribution in [0.4, 0.5) is 22.0 Å². The first kappa shape index (κ1) is 23.4. The van der Waals surface area contributed by atoms with Gasteiger partial charge in [0.05, 0.1) is 11.9 Å². The Morgan fingerprint density at radius 2 is 1.72 bits per heavy atom. The van der Waals surface area contributed by atoms with Crippen LogP contribution < -0.4 is 9.80 Å². The molecule has 0 bridgehead atoms. The fourth-order valence-corrected chi connectivity index (χ4v) is 4.45. The predicted molar refractivity (Wildman–Crippen MR) is 145 cm³/mol. The second kappa shape index (κ2) is 10.5. The first-order chi connectivity index (χ1) is 17.6. The number of H-pyrrole nitrogens is 2. The van der Waals surface area contributed by atoms with E-state index in [4.69, 9.17) is 0 Å². The number of amides is 2. The third-order valence-electron chi connectivity index (χ3n) is 6.21. The molecule has 36 heavy (non-hydrogen) atoms. The highest BCUT2D eigenvalue weighted by Crippen LogP contribution is 2.30. The van der Waals surface area contributed by atoms with Crippen LogP contribution in [0.5, 0.6) is 0 Å². The number of anilines is 3. The molecule has 0 aliphatic carbocycles. The maximum atomic E-state index is 14.1. The number of carbonyl (C=O) groups is 1. The Kier molecular flexibility index (Phi) is 6.80. The summed E-state index contributed by atoms with van der Waals surface area (Å²) in [7, 11) is 0. The Bertz CT molecular complexity index is 1410. The number of benzene rings is 2. The second-order valence-electron chi connectivity index (χ2n) is 9.30. The van der Waals surface area contributed by atoms with Gasteiger partial charge in [0, 0.05) is 47.8 Å². The molecule has 0 aliphatic heterocycles. The van der Waals surface area contributed by atoms with Crippen LogP contribution in [-0.2, 0) is 12.8 Å². The monoisotopic (exact) mass is 478 g/mol. The number of pyridine rings is 1. The summed E-state index contributed by atoms with van der Waals surface area (Å²) in [5.74, 6) is 0.905. The molecule has 0 atom stereocenters. The number of hydrogen-bond donors (Lipinski definition) is 2. The molecule has 0 aliphatic rings. The van der Waals surface area contributed by atoms with Gasteiger partial charge >= 0.3 is 6.03 Å². The van der Waals surface area contributed by atoms with Crippen LogP contribution in [0.2, 0.25) is 0 Å². The average Bonchev–Trinajstić information content (AvgIpc) is 3.57. The van der Waals surface area contributed by atoms with Crippen molar-refractivity contribution >= 4 is 34.1 Å². The zero-order valence-electron chi connectivity index (χ0n) is 20.6. The third-order valence-corrected chi connectivity index (χ3v) is 6.21. The second-order valence-corrected chi connectivity index (χ2v) is 9.30. The van der Waals surface area contributed by atoms with Gasteiger partial charge in [0.1, 0.15) is 5.82 Å². The van der Waals surface area contributed by atoms with Crippen molar-refractivity contribution in [2.24, 2.45) is 5.92 Å². The number of fused-ring (bicyclic) bond motifs is 1. The molecule has 0 radical (unpaired) electrons. The van der Waals surface area contributed by atoms with Gasteiger partial charge < -0.3 is 4.98 Å². The van der Waals surface area contributed by atoms with Gasteiger partial charge in [-0.3, -0.25) is 15.0 Å². The smallest absolute Gasteiger partial charge is 0.334 e. The minimum absolute atomic E-state index is 0.132. The van der Waals surface area contributed by atoms with Gasteiger partial charge in [-0.2, -0.15) is 5.10 Å². The summed E-state index contributed by atoms with van der Waals surface area (Å²) in [6.45, 7) is 4.83.